The Hall–Kier alpha value is -1.47. The summed E-state index contributed by atoms with van der Waals surface area (Å²) in [5.41, 5.74) is 2.12. The summed E-state index contributed by atoms with van der Waals surface area (Å²) in [6.45, 7) is 1.19. The maximum Gasteiger partial charge on any atom is 0.178 e. The average molecular weight is 270 g/mol. The molecule has 0 aromatic carbocycles. The van der Waals surface area contributed by atoms with Crippen molar-refractivity contribution in [2.75, 3.05) is 23.4 Å². The van der Waals surface area contributed by atoms with E-state index in [1.165, 1.54) is 0 Å². The van der Waals surface area contributed by atoms with Crippen molar-refractivity contribution in [2.45, 2.75) is 18.9 Å². The Balaban J connectivity index is 1.87. The van der Waals surface area contributed by atoms with E-state index in [9.17, 15) is 13.9 Å². The predicted octanol–water partition coefficient (Wildman–Crippen LogP) is 0.852. The van der Waals surface area contributed by atoms with Gasteiger partial charge in [0.05, 0.1) is 6.10 Å². The number of nitrogens with zero attached hydrogens (tertiary/aromatic N) is 2. The summed E-state index contributed by atoms with van der Waals surface area (Å²) in [4.78, 5) is 5.64. The molecule has 2 heterocycles. The van der Waals surface area contributed by atoms with Crippen LogP contribution in [0.3, 0.4) is 0 Å². The van der Waals surface area contributed by atoms with Gasteiger partial charge in [0.15, 0.2) is 23.3 Å². The SMILES string of the molecule is NNc1nc(N2CC3CCC(O)C3C2)c(F)cc1F. The van der Waals surface area contributed by atoms with Gasteiger partial charge in [0, 0.05) is 25.1 Å². The molecular weight excluding hydrogens is 254 g/mol. The number of nitrogens with one attached hydrogen (secondary N) is 1. The minimum Gasteiger partial charge on any atom is -0.393 e. The first-order valence-corrected chi connectivity index (χ1v) is 6.36. The molecule has 0 spiro atoms. The third-order valence-electron chi connectivity index (χ3n) is 4.17. The standard InChI is InChI=1S/C12H16F2N4O/c13-8-3-9(14)12(16-11(8)17-15)18-4-6-1-2-10(19)7(6)5-18/h3,6-7,10,19H,1-2,4-5,15H2,(H,16,17). The molecular formula is C12H16F2N4O. The van der Waals surface area contributed by atoms with Crippen molar-refractivity contribution in [1.29, 1.82) is 0 Å². The normalized spacial score (nSPS) is 29.7. The molecule has 1 saturated heterocycles. The number of anilines is 2. The van der Waals surface area contributed by atoms with Gasteiger partial charge in [-0.15, -0.1) is 0 Å². The van der Waals surface area contributed by atoms with Crippen molar-refractivity contribution in [3.63, 3.8) is 0 Å². The quantitative estimate of drug-likeness (QED) is 0.549. The van der Waals surface area contributed by atoms with E-state index in [2.05, 4.69) is 10.4 Å². The molecule has 7 heteroatoms. The van der Waals surface area contributed by atoms with E-state index < -0.39 is 11.6 Å². The second kappa shape index (κ2) is 4.57. The molecule has 4 N–H and O–H groups in total. The van der Waals surface area contributed by atoms with Crippen molar-refractivity contribution in [1.82, 2.24) is 4.98 Å². The van der Waals surface area contributed by atoms with Crippen LogP contribution in [-0.4, -0.2) is 29.3 Å². The van der Waals surface area contributed by atoms with Crippen LogP contribution >= 0.6 is 0 Å². The molecule has 19 heavy (non-hydrogen) atoms. The highest BCUT2D eigenvalue weighted by molar-refractivity contribution is 5.49. The molecule has 2 fully saturated rings. The van der Waals surface area contributed by atoms with Crippen LogP contribution in [0.2, 0.25) is 0 Å². The van der Waals surface area contributed by atoms with Crippen LogP contribution < -0.4 is 16.2 Å². The smallest absolute Gasteiger partial charge is 0.178 e. The Morgan fingerprint density at radius 1 is 1.32 bits per heavy atom. The summed E-state index contributed by atoms with van der Waals surface area (Å²) in [6, 6.07) is 0.780. The summed E-state index contributed by atoms with van der Waals surface area (Å²) < 4.78 is 27.1. The van der Waals surface area contributed by atoms with Crippen LogP contribution in [0.5, 0.6) is 0 Å². The van der Waals surface area contributed by atoms with E-state index in [1.54, 1.807) is 4.90 Å². The number of aliphatic hydroxyl groups is 1. The van der Waals surface area contributed by atoms with Gasteiger partial charge in [0.25, 0.3) is 0 Å². The number of hydrazine groups is 1. The Morgan fingerprint density at radius 3 is 2.79 bits per heavy atom. The molecule has 1 aromatic rings. The fourth-order valence-electron chi connectivity index (χ4n) is 3.19. The van der Waals surface area contributed by atoms with Gasteiger partial charge in [-0.3, -0.25) is 0 Å². The van der Waals surface area contributed by atoms with Gasteiger partial charge < -0.3 is 15.4 Å². The van der Waals surface area contributed by atoms with Gasteiger partial charge in [-0.25, -0.2) is 19.6 Å². The zero-order valence-electron chi connectivity index (χ0n) is 10.3. The number of nitrogens with two attached hydrogens (primary N) is 1. The first-order valence-electron chi connectivity index (χ1n) is 6.36. The largest absolute Gasteiger partial charge is 0.393 e. The number of aliphatic hydroxyl groups excluding tert-OH is 1. The third-order valence-corrected chi connectivity index (χ3v) is 4.17. The van der Waals surface area contributed by atoms with Crippen LogP contribution in [0.25, 0.3) is 0 Å². The molecule has 1 aromatic heterocycles. The molecule has 0 radical (unpaired) electrons. The van der Waals surface area contributed by atoms with Crippen molar-refractivity contribution in [3.05, 3.63) is 17.7 Å². The number of hydrogen-bond acceptors (Lipinski definition) is 5. The molecule has 1 saturated carbocycles. The molecule has 2 aliphatic rings. The van der Waals surface area contributed by atoms with Crippen LogP contribution in [0.15, 0.2) is 6.07 Å². The van der Waals surface area contributed by atoms with Crippen LogP contribution in [0, 0.1) is 23.5 Å². The Morgan fingerprint density at radius 2 is 2.11 bits per heavy atom. The van der Waals surface area contributed by atoms with Crippen molar-refractivity contribution in [2.24, 2.45) is 17.7 Å². The lowest BCUT2D eigenvalue weighted by Crippen LogP contribution is -2.26. The molecule has 104 valence electrons. The third kappa shape index (κ3) is 2.02. The summed E-state index contributed by atoms with van der Waals surface area (Å²) in [5, 5.41) is 9.85. The predicted molar refractivity (Wildman–Crippen MR) is 66.4 cm³/mol. The maximum atomic E-state index is 13.8. The minimum absolute atomic E-state index is 0.0935. The first-order chi connectivity index (χ1) is 9.10. The van der Waals surface area contributed by atoms with Gasteiger partial charge in [0.2, 0.25) is 0 Å². The number of nitrogen functional groups attached to an aromatic ring is 1. The van der Waals surface area contributed by atoms with Gasteiger partial charge >= 0.3 is 0 Å². The minimum atomic E-state index is -0.817. The molecule has 3 atom stereocenters. The molecule has 1 aliphatic carbocycles. The molecule has 0 bridgehead atoms. The lowest BCUT2D eigenvalue weighted by atomic mass is 10.00. The molecule has 0 amide bonds. The topological polar surface area (TPSA) is 74.4 Å². The number of rotatable bonds is 2. The van der Waals surface area contributed by atoms with Crippen LogP contribution in [0.4, 0.5) is 20.4 Å². The number of pyridine rings is 1. The molecule has 3 rings (SSSR count). The number of aromatic nitrogens is 1. The van der Waals surface area contributed by atoms with Crippen molar-refractivity contribution >= 4 is 11.6 Å². The second-order valence-corrected chi connectivity index (χ2v) is 5.24. The van der Waals surface area contributed by atoms with Crippen molar-refractivity contribution in [3.8, 4) is 0 Å². The van der Waals surface area contributed by atoms with Gasteiger partial charge in [-0.1, -0.05) is 0 Å². The van der Waals surface area contributed by atoms with E-state index in [0.29, 0.717) is 19.0 Å². The van der Waals surface area contributed by atoms with Gasteiger partial charge in [-0.2, -0.15) is 0 Å². The van der Waals surface area contributed by atoms with E-state index in [1.807, 2.05) is 0 Å². The molecule has 1 aliphatic heterocycles. The zero-order chi connectivity index (χ0) is 13.6. The lowest BCUT2D eigenvalue weighted by molar-refractivity contribution is 0.133. The summed E-state index contributed by atoms with van der Waals surface area (Å²) in [7, 11) is 0. The van der Waals surface area contributed by atoms with Gasteiger partial charge in [0.1, 0.15) is 0 Å². The van der Waals surface area contributed by atoms with Gasteiger partial charge in [-0.05, 0) is 18.8 Å². The fraction of sp³-hybridized carbons (Fsp3) is 0.583. The van der Waals surface area contributed by atoms with E-state index in [-0.39, 0.29) is 23.7 Å². The summed E-state index contributed by atoms with van der Waals surface area (Å²) in [5.74, 6) is 4.06. The van der Waals surface area contributed by atoms with E-state index >= 15 is 0 Å². The molecule has 5 nitrogen and oxygen atoms in total. The summed E-state index contributed by atoms with van der Waals surface area (Å²) >= 11 is 0. The average Bonchev–Trinajstić information content (AvgIpc) is 2.92. The number of halogens is 2. The maximum absolute atomic E-state index is 13.8. The first kappa shape index (κ1) is 12.6. The zero-order valence-corrected chi connectivity index (χ0v) is 10.3. The highest BCUT2D eigenvalue weighted by Crippen LogP contribution is 2.40. The number of fused-ring (bicyclic) bond motifs is 1. The van der Waals surface area contributed by atoms with Crippen molar-refractivity contribution < 1.29 is 13.9 Å². The highest BCUT2D eigenvalue weighted by Gasteiger charge is 2.42. The Kier molecular flexibility index (Phi) is 3.02. The Labute approximate surface area is 109 Å². The summed E-state index contributed by atoms with van der Waals surface area (Å²) in [6.07, 6.45) is 1.41. The Bertz CT molecular complexity index is 499. The number of hydrogen-bond donors (Lipinski definition) is 3. The monoisotopic (exact) mass is 270 g/mol. The highest BCUT2D eigenvalue weighted by atomic mass is 19.1. The lowest BCUT2D eigenvalue weighted by Gasteiger charge is -2.20. The second-order valence-electron chi connectivity index (χ2n) is 5.24. The van der Waals surface area contributed by atoms with Crippen LogP contribution in [0.1, 0.15) is 12.8 Å². The van der Waals surface area contributed by atoms with E-state index in [0.717, 1.165) is 18.9 Å². The molecule has 3 unspecified atom stereocenters. The van der Waals surface area contributed by atoms with E-state index in [4.69, 9.17) is 5.84 Å². The van der Waals surface area contributed by atoms with Crippen LogP contribution in [-0.2, 0) is 0 Å². The fourth-order valence-corrected chi connectivity index (χ4v) is 3.19.